The molecule has 1 rings (SSSR count). The van der Waals surface area contributed by atoms with Crippen molar-refractivity contribution in [3.8, 4) is 6.07 Å². The van der Waals surface area contributed by atoms with Crippen LogP contribution in [0.2, 0.25) is 0 Å². The maximum Gasteiger partial charge on any atom is 0.166 e. The van der Waals surface area contributed by atoms with E-state index >= 15 is 0 Å². The van der Waals surface area contributed by atoms with Crippen molar-refractivity contribution < 1.29 is 4.79 Å². The fourth-order valence-corrected chi connectivity index (χ4v) is 1.49. The molecule has 0 saturated heterocycles. The van der Waals surface area contributed by atoms with E-state index in [0.29, 0.717) is 11.3 Å². The van der Waals surface area contributed by atoms with Gasteiger partial charge in [0.2, 0.25) is 0 Å². The van der Waals surface area contributed by atoms with Gasteiger partial charge in [0.25, 0.3) is 0 Å². The summed E-state index contributed by atoms with van der Waals surface area (Å²) in [6.45, 7) is 4.80. The molecule has 1 aromatic rings. The third-order valence-electron chi connectivity index (χ3n) is 2.38. The Morgan fingerprint density at radius 2 is 2.36 bits per heavy atom. The summed E-state index contributed by atoms with van der Waals surface area (Å²) in [4.78, 5) is 10.7. The Morgan fingerprint density at radius 3 is 2.86 bits per heavy atom. The zero-order chi connectivity index (χ0) is 10.6. The van der Waals surface area contributed by atoms with Crippen molar-refractivity contribution >= 4 is 6.29 Å². The monoisotopic (exact) mass is 190 g/mol. The van der Waals surface area contributed by atoms with Crippen molar-refractivity contribution in [2.45, 2.75) is 33.2 Å². The van der Waals surface area contributed by atoms with E-state index in [4.69, 9.17) is 5.26 Å². The summed E-state index contributed by atoms with van der Waals surface area (Å²) in [7, 11) is 0. The smallest absolute Gasteiger partial charge is 0.166 e. The van der Waals surface area contributed by atoms with E-state index in [2.05, 4.69) is 13.0 Å². The lowest BCUT2D eigenvalue weighted by Crippen LogP contribution is -2.04. The molecule has 14 heavy (non-hydrogen) atoms. The number of carbonyl (C=O) groups excluding carboxylic acids is 1. The lowest BCUT2D eigenvalue weighted by molar-refractivity contribution is 0.111. The van der Waals surface area contributed by atoms with Gasteiger partial charge in [-0.15, -0.1) is 0 Å². The van der Waals surface area contributed by atoms with Crippen molar-refractivity contribution in [2.75, 3.05) is 0 Å². The number of hydrogen-bond acceptors (Lipinski definition) is 2. The van der Waals surface area contributed by atoms with Gasteiger partial charge in [-0.25, -0.2) is 0 Å². The molecular formula is C11H14N2O. The fourth-order valence-electron chi connectivity index (χ4n) is 1.49. The molecule has 0 unspecified atom stereocenters. The van der Waals surface area contributed by atoms with Gasteiger partial charge < -0.3 is 4.57 Å². The maximum absolute atomic E-state index is 10.7. The summed E-state index contributed by atoms with van der Waals surface area (Å²) in [5.74, 6) is 0. The molecule has 3 nitrogen and oxygen atoms in total. The van der Waals surface area contributed by atoms with E-state index in [0.717, 1.165) is 31.4 Å². The summed E-state index contributed by atoms with van der Waals surface area (Å²) < 4.78 is 1.91. The summed E-state index contributed by atoms with van der Waals surface area (Å²) in [5.41, 5.74) is 2.10. The number of aromatic nitrogens is 1. The van der Waals surface area contributed by atoms with E-state index in [1.165, 1.54) is 0 Å². The predicted octanol–water partition coefficient (Wildman–Crippen LogP) is 2.28. The molecule has 1 heterocycles. The van der Waals surface area contributed by atoms with Crippen LogP contribution in [0.3, 0.4) is 0 Å². The van der Waals surface area contributed by atoms with Crippen molar-refractivity contribution in [3.63, 3.8) is 0 Å². The largest absolute Gasteiger partial charge is 0.341 e. The van der Waals surface area contributed by atoms with Gasteiger partial charge in [0, 0.05) is 12.2 Å². The number of aldehydes is 1. The Bertz CT molecular complexity index is 371. The Hall–Kier alpha value is -1.56. The number of nitriles is 1. The Labute approximate surface area is 84.0 Å². The van der Waals surface area contributed by atoms with Crippen LogP contribution in [0.1, 0.15) is 41.5 Å². The van der Waals surface area contributed by atoms with Gasteiger partial charge in [-0.05, 0) is 19.4 Å². The molecular weight excluding hydrogens is 176 g/mol. The molecule has 0 aliphatic carbocycles. The molecule has 1 aromatic heterocycles. The van der Waals surface area contributed by atoms with Gasteiger partial charge in [0.1, 0.15) is 6.07 Å². The van der Waals surface area contributed by atoms with Gasteiger partial charge in [-0.1, -0.05) is 13.3 Å². The highest BCUT2D eigenvalue weighted by molar-refractivity contribution is 5.74. The highest BCUT2D eigenvalue weighted by Gasteiger charge is 2.09. The SMILES string of the molecule is CCCCn1c(C=O)cc(C#N)c1C. The highest BCUT2D eigenvalue weighted by atomic mass is 16.1. The average molecular weight is 190 g/mol. The fraction of sp³-hybridized carbons (Fsp3) is 0.455. The number of nitrogens with zero attached hydrogens (tertiary/aromatic N) is 2. The summed E-state index contributed by atoms with van der Waals surface area (Å²) in [6, 6.07) is 3.74. The van der Waals surface area contributed by atoms with Crippen LogP contribution in [0.15, 0.2) is 6.07 Å². The van der Waals surface area contributed by atoms with Crippen LogP contribution in [0, 0.1) is 18.3 Å². The lowest BCUT2D eigenvalue weighted by Gasteiger charge is -2.06. The molecule has 0 atom stereocenters. The molecule has 0 spiro atoms. The van der Waals surface area contributed by atoms with Gasteiger partial charge >= 0.3 is 0 Å². The first kappa shape index (κ1) is 10.5. The lowest BCUT2D eigenvalue weighted by atomic mass is 10.3. The number of unbranched alkanes of at least 4 members (excludes halogenated alkanes) is 1. The molecule has 0 N–H and O–H groups in total. The minimum Gasteiger partial charge on any atom is -0.341 e. The van der Waals surface area contributed by atoms with Crippen LogP contribution in [0.5, 0.6) is 0 Å². The molecule has 0 saturated carbocycles. The van der Waals surface area contributed by atoms with E-state index in [1.807, 2.05) is 11.5 Å². The zero-order valence-electron chi connectivity index (χ0n) is 8.58. The first-order valence-electron chi connectivity index (χ1n) is 4.80. The second-order valence-electron chi connectivity index (χ2n) is 3.30. The molecule has 0 radical (unpaired) electrons. The minimum absolute atomic E-state index is 0.600. The van der Waals surface area contributed by atoms with Crippen LogP contribution >= 0.6 is 0 Å². The molecule has 0 bridgehead atoms. The Kier molecular flexibility index (Phi) is 3.47. The number of carbonyl (C=O) groups is 1. The molecule has 0 amide bonds. The third-order valence-corrected chi connectivity index (χ3v) is 2.38. The van der Waals surface area contributed by atoms with Crippen molar-refractivity contribution in [2.24, 2.45) is 0 Å². The second kappa shape index (κ2) is 4.61. The second-order valence-corrected chi connectivity index (χ2v) is 3.30. The van der Waals surface area contributed by atoms with Crippen LogP contribution < -0.4 is 0 Å². The minimum atomic E-state index is 0.600. The van der Waals surface area contributed by atoms with Crippen LogP contribution in [0.4, 0.5) is 0 Å². The van der Waals surface area contributed by atoms with Gasteiger partial charge in [0.05, 0.1) is 11.3 Å². The molecule has 74 valence electrons. The van der Waals surface area contributed by atoms with Gasteiger partial charge in [0.15, 0.2) is 6.29 Å². The molecule has 0 aliphatic rings. The van der Waals surface area contributed by atoms with E-state index in [1.54, 1.807) is 6.07 Å². The van der Waals surface area contributed by atoms with E-state index < -0.39 is 0 Å². The third kappa shape index (κ3) is 1.85. The highest BCUT2D eigenvalue weighted by Crippen LogP contribution is 2.14. The first-order valence-corrected chi connectivity index (χ1v) is 4.80. The van der Waals surface area contributed by atoms with Crippen molar-refractivity contribution in [1.82, 2.24) is 4.57 Å². The molecule has 0 fully saturated rings. The van der Waals surface area contributed by atoms with E-state index in [-0.39, 0.29) is 0 Å². The quantitative estimate of drug-likeness (QED) is 0.684. The van der Waals surface area contributed by atoms with Gasteiger partial charge in [-0.3, -0.25) is 4.79 Å². The van der Waals surface area contributed by atoms with Crippen LogP contribution in [-0.4, -0.2) is 10.9 Å². The van der Waals surface area contributed by atoms with Crippen molar-refractivity contribution in [1.29, 1.82) is 5.26 Å². The standard InChI is InChI=1S/C11H14N2O/c1-3-4-5-13-9(2)10(7-12)6-11(13)8-14/h6,8H,3-5H2,1-2H3. The zero-order valence-corrected chi connectivity index (χ0v) is 8.58. The van der Waals surface area contributed by atoms with Crippen molar-refractivity contribution in [3.05, 3.63) is 23.0 Å². The van der Waals surface area contributed by atoms with Crippen LogP contribution in [0.25, 0.3) is 0 Å². The van der Waals surface area contributed by atoms with Gasteiger partial charge in [-0.2, -0.15) is 5.26 Å². The predicted molar refractivity (Wildman–Crippen MR) is 54.2 cm³/mol. The number of hydrogen-bond donors (Lipinski definition) is 0. The first-order chi connectivity index (χ1) is 6.74. The Morgan fingerprint density at radius 1 is 1.64 bits per heavy atom. The summed E-state index contributed by atoms with van der Waals surface area (Å²) >= 11 is 0. The normalized spacial score (nSPS) is 9.79. The Balaban J connectivity index is 3.06. The van der Waals surface area contributed by atoms with E-state index in [9.17, 15) is 4.79 Å². The molecule has 0 aliphatic heterocycles. The number of rotatable bonds is 4. The average Bonchev–Trinajstić information content (AvgIpc) is 2.52. The summed E-state index contributed by atoms with van der Waals surface area (Å²) in [5, 5.41) is 8.80. The molecule has 3 heteroatoms. The van der Waals surface area contributed by atoms with Crippen LogP contribution in [-0.2, 0) is 6.54 Å². The maximum atomic E-state index is 10.7. The summed E-state index contributed by atoms with van der Waals surface area (Å²) in [6.07, 6.45) is 2.92. The molecule has 0 aromatic carbocycles. The topological polar surface area (TPSA) is 45.8 Å².